The van der Waals surface area contributed by atoms with E-state index < -0.39 is 11.9 Å². The zero-order valence-electron chi connectivity index (χ0n) is 16.9. The highest BCUT2D eigenvalue weighted by molar-refractivity contribution is 6.04. The highest BCUT2D eigenvalue weighted by Crippen LogP contribution is 2.48. The average molecular weight is 381 g/mol. The van der Waals surface area contributed by atoms with Gasteiger partial charge in [-0.2, -0.15) is 0 Å². The molecule has 1 atom stereocenters. The van der Waals surface area contributed by atoms with Gasteiger partial charge in [0.1, 0.15) is 12.4 Å². The number of Topliss-reactive ketones (excluding diaryl/α,β-unsaturated/α-hetero) is 1. The van der Waals surface area contributed by atoms with Gasteiger partial charge >= 0.3 is 5.97 Å². The minimum atomic E-state index is -0.520. The maximum absolute atomic E-state index is 13.2. The van der Waals surface area contributed by atoms with E-state index in [1.807, 2.05) is 31.2 Å². The number of benzene rings is 1. The van der Waals surface area contributed by atoms with Gasteiger partial charge in [0.25, 0.3) is 0 Å². The summed E-state index contributed by atoms with van der Waals surface area (Å²) in [5, 5.41) is 3.31. The van der Waals surface area contributed by atoms with Crippen molar-refractivity contribution < 1.29 is 19.1 Å². The molecule has 0 saturated heterocycles. The van der Waals surface area contributed by atoms with Crippen LogP contribution in [-0.4, -0.2) is 25.5 Å². The molecule has 1 heterocycles. The topological polar surface area (TPSA) is 64.6 Å². The van der Waals surface area contributed by atoms with Gasteiger partial charge in [-0.1, -0.05) is 44.7 Å². The van der Waals surface area contributed by atoms with Crippen LogP contribution in [0, 0.1) is 5.41 Å². The molecule has 0 aromatic heterocycles. The number of ether oxygens (including phenoxy) is 2. The molecular weight excluding hydrogens is 354 g/mol. The van der Waals surface area contributed by atoms with Crippen molar-refractivity contribution >= 4 is 11.8 Å². The minimum absolute atomic E-state index is 0.0520. The van der Waals surface area contributed by atoms with Crippen LogP contribution in [0.25, 0.3) is 0 Å². The Balaban J connectivity index is 2.21. The molecule has 1 N–H and O–H groups in total. The number of carbonyl (C=O) groups excluding carboxylic acids is 2. The Hall–Kier alpha value is -2.82. The van der Waals surface area contributed by atoms with E-state index in [0.717, 1.165) is 17.7 Å². The summed E-state index contributed by atoms with van der Waals surface area (Å²) in [6, 6.07) is 7.52. The molecule has 1 aromatic rings. The van der Waals surface area contributed by atoms with E-state index in [9.17, 15) is 9.59 Å². The number of nitrogens with one attached hydrogen (secondary N) is 1. The first kappa shape index (κ1) is 19.9. The fraction of sp³-hybridized carbons (Fsp3) is 0.391. The summed E-state index contributed by atoms with van der Waals surface area (Å²) in [7, 11) is 1.36. The monoisotopic (exact) mass is 381 g/mol. The number of dihydropyridines is 1. The van der Waals surface area contributed by atoms with Crippen LogP contribution in [-0.2, 0) is 14.3 Å². The predicted octanol–water partition coefficient (Wildman–Crippen LogP) is 4.03. The van der Waals surface area contributed by atoms with Gasteiger partial charge in [0.05, 0.1) is 18.6 Å². The zero-order chi connectivity index (χ0) is 20.5. The zero-order valence-corrected chi connectivity index (χ0v) is 16.9. The highest BCUT2D eigenvalue weighted by Gasteiger charge is 2.43. The summed E-state index contributed by atoms with van der Waals surface area (Å²) in [6.45, 7) is 10.1. The second-order valence-electron chi connectivity index (χ2n) is 8.06. The minimum Gasteiger partial charge on any atom is -0.489 e. The van der Waals surface area contributed by atoms with Crippen molar-refractivity contribution in [3.63, 3.8) is 0 Å². The Bertz CT molecular complexity index is 892. The first-order valence-electron chi connectivity index (χ1n) is 9.44. The summed E-state index contributed by atoms with van der Waals surface area (Å²) in [5.41, 5.74) is 3.33. The maximum Gasteiger partial charge on any atom is 0.336 e. The number of esters is 1. The van der Waals surface area contributed by atoms with Crippen molar-refractivity contribution in [3.05, 3.63) is 65.0 Å². The van der Waals surface area contributed by atoms with Crippen LogP contribution in [0.3, 0.4) is 0 Å². The molecule has 2 aliphatic rings. The van der Waals surface area contributed by atoms with Crippen LogP contribution in [0.5, 0.6) is 5.75 Å². The summed E-state index contributed by atoms with van der Waals surface area (Å²) in [6.07, 6.45) is 2.85. The van der Waals surface area contributed by atoms with E-state index >= 15 is 0 Å². The standard InChI is InChI=1S/C23H27NO4/c1-6-11-28-18-10-8-7-9-15(18)20-19(22(26)27-5)14(2)24-16-12-23(3,4)13-17(25)21(16)20/h6-10,20,24H,1,11-13H2,2-5H3/t20-/m1/s1. The lowest BCUT2D eigenvalue weighted by Gasteiger charge is -2.39. The SMILES string of the molecule is C=CCOc1ccccc1[C@@H]1C(C(=O)OC)=C(C)NC2=C1C(=O)CC(C)(C)C2. The molecule has 5 heteroatoms. The third kappa shape index (κ3) is 3.61. The molecule has 1 aliphatic carbocycles. The van der Waals surface area contributed by atoms with Crippen molar-refractivity contribution in [1.29, 1.82) is 0 Å². The second kappa shape index (κ2) is 7.66. The van der Waals surface area contributed by atoms with Crippen molar-refractivity contribution in [2.75, 3.05) is 13.7 Å². The van der Waals surface area contributed by atoms with Crippen molar-refractivity contribution in [3.8, 4) is 5.75 Å². The van der Waals surface area contributed by atoms with Crippen LogP contribution in [0.15, 0.2) is 59.5 Å². The summed E-state index contributed by atoms with van der Waals surface area (Å²) >= 11 is 0. The van der Waals surface area contributed by atoms with E-state index in [2.05, 4.69) is 25.7 Å². The van der Waals surface area contributed by atoms with Gasteiger partial charge in [0.15, 0.2) is 5.78 Å². The molecule has 3 rings (SSSR count). The van der Waals surface area contributed by atoms with E-state index in [-0.39, 0.29) is 11.2 Å². The number of allylic oxidation sites excluding steroid dienone is 3. The maximum atomic E-state index is 13.2. The Morgan fingerprint density at radius 2 is 2.04 bits per heavy atom. The molecule has 0 unspecified atom stereocenters. The summed E-state index contributed by atoms with van der Waals surface area (Å²) < 4.78 is 10.9. The quantitative estimate of drug-likeness (QED) is 0.616. The average Bonchev–Trinajstić information content (AvgIpc) is 2.64. The number of para-hydroxylation sites is 1. The van der Waals surface area contributed by atoms with Crippen LogP contribution in [0.1, 0.15) is 45.1 Å². The van der Waals surface area contributed by atoms with Crippen LogP contribution >= 0.6 is 0 Å². The lowest BCUT2D eigenvalue weighted by molar-refractivity contribution is -0.136. The number of methoxy groups -OCH3 is 1. The van der Waals surface area contributed by atoms with Crippen molar-refractivity contribution in [2.45, 2.75) is 39.5 Å². The molecule has 1 aliphatic heterocycles. The number of ketones is 1. The molecular formula is C23H27NO4. The Morgan fingerprint density at radius 3 is 2.71 bits per heavy atom. The van der Waals surface area contributed by atoms with Gasteiger partial charge in [-0.25, -0.2) is 4.79 Å². The Morgan fingerprint density at radius 1 is 1.32 bits per heavy atom. The molecule has 0 saturated carbocycles. The van der Waals surface area contributed by atoms with Gasteiger partial charge in [-0.3, -0.25) is 4.79 Å². The number of hydrogen-bond donors (Lipinski definition) is 1. The van der Waals surface area contributed by atoms with Crippen LogP contribution < -0.4 is 10.1 Å². The molecule has 0 amide bonds. The van der Waals surface area contributed by atoms with E-state index in [1.165, 1.54) is 7.11 Å². The first-order valence-corrected chi connectivity index (χ1v) is 9.44. The van der Waals surface area contributed by atoms with Gasteiger partial charge in [0, 0.05) is 29.0 Å². The van der Waals surface area contributed by atoms with Crippen LogP contribution in [0.2, 0.25) is 0 Å². The smallest absolute Gasteiger partial charge is 0.336 e. The Kier molecular flexibility index (Phi) is 5.45. The first-order chi connectivity index (χ1) is 13.3. The van der Waals surface area contributed by atoms with E-state index in [0.29, 0.717) is 35.6 Å². The van der Waals surface area contributed by atoms with E-state index in [1.54, 1.807) is 6.08 Å². The molecule has 28 heavy (non-hydrogen) atoms. The number of carbonyl (C=O) groups is 2. The lowest BCUT2D eigenvalue weighted by atomic mass is 9.68. The molecule has 0 radical (unpaired) electrons. The normalized spacial score (nSPS) is 21.0. The third-order valence-corrected chi connectivity index (χ3v) is 5.23. The molecule has 1 aromatic carbocycles. The lowest BCUT2D eigenvalue weighted by Crippen LogP contribution is -2.38. The predicted molar refractivity (Wildman–Crippen MR) is 108 cm³/mol. The second-order valence-corrected chi connectivity index (χ2v) is 8.06. The largest absolute Gasteiger partial charge is 0.489 e. The number of hydrogen-bond acceptors (Lipinski definition) is 5. The number of rotatable bonds is 5. The van der Waals surface area contributed by atoms with Gasteiger partial charge in [-0.05, 0) is 24.8 Å². The fourth-order valence-corrected chi connectivity index (χ4v) is 4.13. The van der Waals surface area contributed by atoms with Gasteiger partial charge in [0.2, 0.25) is 0 Å². The summed E-state index contributed by atoms with van der Waals surface area (Å²) in [4.78, 5) is 25.9. The van der Waals surface area contributed by atoms with Crippen molar-refractivity contribution in [2.24, 2.45) is 5.41 Å². The summed E-state index contributed by atoms with van der Waals surface area (Å²) in [5.74, 6) is -0.282. The molecule has 0 spiro atoms. The van der Waals surface area contributed by atoms with Gasteiger partial charge < -0.3 is 14.8 Å². The Labute approximate surface area is 166 Å². The van der Waals surface area contributed by atoms with Crippen molar-refractivity contribution in [1.82, 2.24) is 5.32 Å². The third-order valence-electron chi connectivity index (χ3n) is 5.23. The van der Waals surface area contributed by atoms with Gasteiger partial charge in [-0.15, -0.1) is 0 Å². The molecule has 0 fully saturated rings. The van der Waals surface area contributed by atoms with E-state index in [4.69, 9.17) is 9.47 Å². The highest BCUT2D eigenvalue weighted by atomic mass is 16.5. The molecule has 5 nitrogen and oxygen atoms in total. The molecule has 0 bridgehead atoms. The van der Waals surface area contributed by atoms with Crippen LogP contribution in [0.4, 0.5) is 0 Å². The fourth-order valence-electron chi connectivity index (χ4n) is 4.13. The molecule has 148 valence electrons.